The molecule has 1 saturated carbocycles. The molecule has 0 atom stereocenters. The molecule has 25 heavy (non-hydrogen) atoms. The van der Waals surface area contributed by atoms with Gasteiger partial charge in [-0.05, 0) is 37.8 Å². The van der Waals surface area contributed by atoms with Crippen molar-refractivity contribution in [1.82, 2.24) is 9.80 Å². The van der Waals surface area contributed by atoms with Crippen LogP contribution in [-0.2, 0) is 9.59 Å². The summed E-state index contributed by atoms with van der Waals surface area (Å²) in [5.41, 5.74) is 0. The molecule has 1 aliphatic heterocycles. The number of para-hydroxylation sites is 1. The summed E-state index contributed by atoms with van der Waals surface area (Å²) in [7, 11) is 1.74. The highest BCUT2D eigenvalue weighted by molar-refractivity contribution is 5.82. The number of carbonyl (C=O) groups excluding carboxylic acids is 2. The fraction of sp³-hybridized carbons (Fsp3) is 0.579. The Bertz CT molecular complexity index is 625. The molecule has 0 unspecified atom stereocenters. The van der Waals surface area contributed by atoms with Gasteiger partial charge in [-0.25, -0.2) is 4.39 Å². The maximum Gasteiger partial charge on any atom is 0.225 e. The zero-order valence-corrected chi connectivity index (χ0v) is 14.6. The van der Waals surface area contributed by atoms with E-state index < -0.39 is 5.82 Å². The number of benzene rings is 1. The Labute approximate surface area is 147 Å². The first-order valence-electron chi connectivity index (χ1n) is 8.97. The summed E-state index contributed by atoms with van der Waals surface area (Å²) in [6.07, 6.45) is 3.47. The van der Waals surface area contributed by atoms with Crippen LogP contribution in [0.1, 0.15) is 25.7 Å². The van der Waals surface area contributed by atoms with Gasteiger partial charge in [0.15, 0.2) is 11.6 Å². The molecule has 2 aliphatic rings. The van der Waals surface area contributed by atoms with Gasteiger partial charge in [-0.3, -0.25) is 9.59 Å². The molecule has 0 aromatic heterocycles. The number of ether oxygens (including phenoxy) is 1. The average Bonchev–Trinajstić information content (AvgIpc) is 3.47. The topological polar surface area (TPSA) is 49.9 Å². The summed E-state index contributed by atoms with van der Waals surface area (Å²) in [6.45, 7) is 2.01. The van der Waals surface area contributed by atoms with Crippen molar-refractivity contribution < 1.29 is 18.7 Å². The summed E-state index contributed by atoms with van der Waals surface area (Å²) < 4.78 is 18.9. The van der Waals surface area contributed by atoms with Crippen molar-refractivity contribution in [3.63, 3.8) is 0 Å². The van der Waals surface area contributed by atoms with Crippen LogP contribution in [-0.4, -0.2) is 54.9 Å². The van der Waals surface area contributed by atoms with Crippen LogP contribution in [0, 0.1) is 17.7 Å². The molecule has 5 nitrogen and oxygen atoms in total. The zero-order chi connectivity index (χ0) is 17.8. The molecule has 1 aliphatic carbocycles. The van der Waals surface area contributed by atoms with Crippen LogP contribution in [0.15, 0.2) is 24.3 Å². The van der Waals surface area contributed by atoms with Gasteiger partial charge in [0, 0.05) is 32.0 Å². The van der Waals surface area contributed by atoms with Crippen molar-refractivity contribution in [2.75, 3.05) is 33.3 Å². The molecule has 6 heteroatoms. The Hall–Kier alpha value is -2.11. The third-order valence-electron chi connectivity index (χ3n) is 4.98. The van der Waals surface area contributed by atoms with E-state index in [4.69, 9.17) is 4.74 Å². The summed E-state index contributed by atoms with van der Waals surface area (Å²) in [4.78, 5) is 28.1. The van der Waals surface area contributed by atoms with E-state index in [1.165, 1.54) is 6.07 Å². The predicted molar refractivity (Wildman–Crippen MR) is 91.6 cm³/mol. The Morgan fingerprint density at radius 2 is 1.84 bits per heavy atom. The molecule has 0 bridgehead atoms. The normalized spacial score (nSPS) is 18.1. The van der Waals surface area contributed by atoms with Crippen molar-refractivity contribution in [2.24, 2.45) is 11.8 Å². The zero-order valence-electron chi connectivity index (χ0n) is 14.6. The SMILES string of the molecule is CN(CCOc1ccccc1F)C(=O)C1CCN(C(=O)C2CC2)CC1. The standard InChI is InChI=1S/C19H25FN2O3/c1-21(12-13-25-17-5-3-2-4-16(17)20)18(23)15-8-10-22(11-9-15)19(24)14-6-7-14/h2-5,14-15H,6-13H2,1H3. The monoisotopic (exact) mass is 348 g/mol. The number of amides is 2. The number of rotatable bonds is 6. The number of hydrogen-bond acceptors (Lipinski definition) is 3. The number of hydrogen-bond donors (Lipinski definition) is 0. The van der Waals surface area contributed by atoms with Crippen molar-refractivity contribution in [3.05, 3.63) is 30.1 Å². The average molecular weight is 348 g/mol. The summed E-state index contributed by atoms with van der Waals surface area (Å²) >= 11 is 0. The van der Waals surface area contributed by atoms with Gasteiger partial charge in [0.2, 0.25) is 11.8 Å². The van der Waals surface area contributed by atoms with Crippen LogP contribution in [0.2, 0.25) is 0 Å². The maximum atomic E-state index is 13.5. The fourth-order valence-corrected chi connectivity index (χ4v) is 3.21. The Morgan fingerprint density at radius 1 is 1.16 bits per heavy atom. The highest BCUT2D eigenvalue weighted by atomic mass is 19.1. The van der Waals surface area contributed by atoms with E-state index >= 15 is 0 Å². The lowest BCUT2D eigenvalue weighted by Gasteiger charge is -2.33. The van der Waals surface area contributed by atoms with Gasteiger partial charge in [-0.2, -0.15) is 0 Å². The molecule has 0 spiro atoms. The van der Waals surface area contributed by atoms with Crippen molar-refractivity contribution >= 4 is 11.8 Å². The molecule has 0 N–H and O–H groups in total. The highest BCUT2D eigenvalue weighted by Crippen LogP contribution is 2.32. The van der Waals surface area contributed by atoms with Crippen LogP contribution >= 0.6 is 0 Å². The highest BCUT2D eigenvalue weighted by Gasteiger charge is 2.36. The number of likely N-dealkylation sites (tertiary alicyclic amines) is 1. The van der Waals surface area contributed by atoms with Gasteiger partial charge in [0.05, 0.1) is 6.54 Å². The van der Waals surface area contributed by atoms with Gasteiger partial charge < -0.3 is 14.5 Å². The van der Waals surface area contributed by atoms with Gasteiger partial charge in [-0.1, -0.05) is 12.1 Å². The molecule has 1 aromatic rings. The summed E-state index contributed by atoms with van der Waals surface area (Å²) in [5, 5.41) is 0. The third kappa shape index (κ3) is 4.50. The molecular formula is C19H25FN2O3. The van der Waals surface area contributed by atoms with E-state index in [1.54, 1.807) is 30.1 Å². The smallest absolute Gasteiger partial charge is 0.225 e. The molecule has 2 amide bonds. The Kier molecular flexibility index (Phi) is 5.56. The van der Waals surface area contributed by atoms with E-state index in [9.17, 15) is 14.0 Å². The van der Waals surface area contributed by atoms with Crippen LogP contribution in [0.3, 0.4) is 0 Å². The Morgan fingerprint density at radius 3 is 2.48 bits per heavy atom. The first kappa shape index (κ1) is 17.7. The minimum absolute atomic E-state index is 0.0401. The molecule has 1 aromatic carbocycles. The number of nitrogens with zero attached hydrogens (tertiary/aromatic N) is 2. The van der Waals surface area contributed by atoms with Crippen LogP contribution in [0.25, 0.3) is 0 Å². The molecule has 3 rings (SSSR count). The molecule has 1 heterocycles. The molecule has 2 fully saturated rings. The van der Waals surface area contributed by atoms with Gasteiger partial charge in [0.1, 0.15) is 6.61 Å². The first-order valence-corrected chi connectivity index (χ1v) is 8.97. The summed E-state index contributed by atoms with van der Waals surface area (Å²) in [6, 6.07) is 6.24. The van der Waals surface area contributed by atoms with Crippen LogP contribution < -0.4 is 4.74 Å². The van der Waals surface area contributed by atoms with Crippen LogP contribution in [0.5, 0.6) is 5.75 Å². The number of likely N-dealkylation sites (N-methyl/N-ethyl adjacent to an activating group) is 1. The number of halogens is 1. The van der Waals surface area contributed by atoms with E-state index in [1.807, 2.05) is 4.90 Å². The molecule has 0 radical (unpaired) electrons. The maximum absolute atomic E-state index is 13.5. The largest absolute Gasteiger partial charge is 0.489 e. The minimum Gasteiger partial charge on any atom is -0.489 e. The second-order valence-corrected chi connectivity index (χ2v) is 6.91. The number of carbonyl (C=O) groups is 2. The van der Waals surface area contributed by atoms with Gasteiger partial charge >= 0.3 is 0 Å². The molecular weight excluding hydrogens is 323 g/mol. The fourth-order valence-electron chi connectivity index (χ4n) is 3.21. The Balaban J connectivity index is 1.40. The van der Waals surface area contributed by atoms with Crippen molar-refractivity contribution in [3.8, 4) is 5.75 Å². The van der Waals surface area contributed by atoms with Gasteiger partial charge in [-0.15, -0.1) is 0 Å². The lowest BCUT2D eigenvalue weighted by molar-refractivity contribution is -0.140. The van der Waals surface area contributed by atoms with Crippen molar-refractivity contribution in [2.45, 2.75) is 25.7 Å². The summed E-state index contributed by atoms with van der Waals surface area (Å²) in [5.74, 6) is 0.347. The minimum atomic E-state index is -0.399. The van der Waals surface area contributed by atoms with Crippen molar-refractivity contribution in [1.29, 1.82) is 0 Å². The second-order valence-electron chi connectivity index (χ2n) is 6.91. The number of piperidine rings is 1. The van der Waals surface area contributed by atoms with E-state index in [2.05, 4.69) is 0 Å². The van der Waals surface area contributed by atoms with Gasteiger partial charge in [0.25, 0.3) is 0 Å². The lowest BCUT2D eigenvalue weighted by atomic mass is 9.95. The molecule has 136 valence electrons. The quantitative estimate of drug-likeness (QED) is 0.793. The lowest BCUT2D eigenvalue weighted by Crippen LogP contribution is -2.44. The van der Waals surface area contributed by atoms with E-state index in [0.717, 1.165) is 25.7 Å². The van der Waals surface area contributed by atoms with Crippen LogP contribution in [0.4, 0.5) is 4.39 Å². The first-order chi connectivity index (χ1) is 12.1. The van der Waals surface area contributed by atoms with E-state index in [0.29, 0.717) is 19.6 Å². The van der Waals surface area contributed by atoms with E-state index in [-0.39, 0.29) is 36.0 Å². The third-order valence-corrected chi connectivity index (χ3v) is 4.98. The predicted octanol–water partition coefficient (Wildman–Crippen LogP) is 2.31. The second kappa shape index (κ2) is 7.85. The molecule has 1 saturated heterocycles.